The van der Waals surface area contributed by atoms with Gasteiger partial charge in [0.1, 0.15) is 5.75 Å². The Balaban J connectivity index is 0.000000810. The standard InChI is InChI=1S/C13H14N2O.ClH.H2O/c1-8-13-11(5-6-14-8)10-4-3-9(16-2)7-12(10)15-13;;/h3-4,7,15H,5-6H2,1-2H3;1H;1H2. The van der Waals surface area contributed by atoms with Crippen molar-refractivity contribution in [2.75, 3.05) is 13.7 Å². The van der Waals surface area contributed by atoms with Crippen molar-refractivity contribution >= 4 is 29.0 Å². The van der Waals surface area contributed by atoms with Gasteiger partial charge in [-0.15, -0.1) is 12.4 Å². The fourth-order valence-electron chi connectivity index (χ4n) is 2.34. The summed E-state index contributed by atoms with van der Waals surface area (Å²) in [7, 11) is 1.69. The van der Waals surface area contributed by atoms with Gasteiger partial charge in [0.2, 0.25) is 0 Å². The first kappa shape index (κ1) is 14.5. The number of aromatic nitrogens is 1. The molecular weight excluding hydrogens is 252 g/mol. The first-order valence-corrected chi connectivity index (χ1v) is 5.49. The van der Waals surface area contributed by atoms with Crippen LogP contribution < -0.4 is 4.74 Å². The van der Waals surface area contributed by atoms with Crippen molar-refractivity contribution in [3.63, 3.8) is 0 Å². The number of nitrogens with zero attached hydrogens (tertiary/aromatic N) is 1. The van der Waals surface area contributed by atoms with E-state index in [2.05, 4.69) is 23.0 Å². The summed E-state index contributed by atoms with van der Waals surface area (Å²) in [5.41, 5.74) is 4.83. The van der Waals surface area contributed by atoms with Gasteiger partial charge in [0.25, 0.3) is 0 Å². The number of hydrogen-bond acceptors (Lipinski definition) is 2. The maximum atomic E-state index is 5.23. The largest absolute Gasteiger partial charge is 0.497 e. The molecular formula is C13H17ClN2O2. The number of H-pyrrole nitrogens is 1. The van der Waals surface area contributed by atoms with Crippen LogP contribution in [0.15, 0.2) is 23.2 Å². The van der Waals surface area contributed by atoms with Crippen LogP contribution in [0.25, 0.3) is 10.9 Å². The zero-order valence-electron chi connectivity index (χ0n) is 10.4. The lowest BCUT2D eigenvalue weighted by molar-refractivity contribution is 0.415. The number of rotatable bonds is 1. The predicted molar refractivity (Wildman–Crippen MR) is 76.5 cm³/mol. The summed E-state index contributed by atoms with van der Waals surface area (Å²) in [5.74, 6) is 0.890. The summed E-state index contributed by atoms with van der Waals surface area (Å²) < 4.78 is 5.23. The summed E-state index contributed by atoms with van der Waals surface area (Å²) in [6.07, 6.45) is 1.03. The maximum absolute atomic E-state index is 5.23. The number of fused-ring (bicyclic) bond motifs is 3. The highest BCUT2D eigenvalue weighted by Crippen LogP contribution is 2.28. The third-order valence-electron chi connectivity index (χ3n) is 3.19. The van der Waals surface area contributed by atoms with E-state index in [1.165, 1.54) is 16.6 Å². The Bertz CT molecular complexity index is 590. The van der Waals surface area contributed by atoms with Crippen molar-refractivity contribution in [2.45, 2.75) is 13.3 Å². The molecule has 0 radical (unpaired) electrons. The Labute approximate surface area is 112 Å². The number of aromatic amines is 1. The van der Waals surface area contributed by atoms with Gasteiger partial charge < -0.3 is 15.2 Å². The van der Waals surface area contributed by atoms with E-state index in [9.17, 15) is 0 Å². The summed E-state index contributed by atoms with van der Waals surface area (Å²) in [6, 6.07) is 6.18. The van der Waals surface area contributed by atoms with Crippen LogP contribution in [-0.2, 0) is 6.42 Å². The second kappa shape index (κ2) is 5.42. The van der Waals surface area contributed by atoms with Crippen molar-refractivity contribution in [1.82, 2.24) is 4.98 Å². The number of methoxy groups -OCH3 is 1. The highest BCUT2D eigenvalue weighted by molar-refractivity contribution is 6.05. The molecule has 0 saturated carbocycles. The van der Waals surface area contributed by atoms with Crippen LogP contribution in [0.4, 0.5) is 0 Å². The lowest BCUT2D eigenvalue weighted by Gasteiger charge is -2.09. The molecule has 1 aromatic carbocycles. The van der Waals surface area contributed by atoms with Gasteiger partial charge in [-0.2, -0.15) is 0 Å². The van der Waals surface area contributed by atoms with E-state index >= 15 is 0 Å². The molecule has 3 N–H and O–H groups in total. The molecule has 0 spiro atoms. The molecule has 5 heteroatoms. The van der Waals surface area contributed by atoms with Crippen LogP contribution in [-0.4, -0.2) is 29.8 Å². The first-order chi connectivity index (χ1) is 7.79. The number of hydrogen-bond donors (Lipinski definition) is 1. The second-order valence-corrected chi connectivity index (χ2v) is 4.11. The van der Waals surface area contributed by atoms with Crippen LogP contribution in [0.5, 0.6) is 5.75 Å². The van der Waals surface area contributed by atoms with Gasteiger partial charge >= 0.3 is 0 Å². The topological polar surface area (TPSA) is 68.9 Å². The first-order valence-electron chi connectivity index (χ1n) is 5.49. The summed E-state index contributed by atoms with van der Waals surface area (Å²) in [6.45, 7) is 2.96. The Morgan fingerprint density at radius 2 is 2.11 bits per heavy atom. The van der Waals surface area contributed by atoms with Gasteiger partial charge in [0.05, 0.1) is 18.5 Å². The molecule has 1 aliphatic heterocycles. The van der Waals surface area contributed by atoms with Crippen LogP contribution in [0.2, 0.25) is 0 Å². The van der Waals surface area contributed by atoms with Gasteiger partial charge in [0, 0.05) is 23.5 Å². The Morgan fingerprint density at radius 1 is 1.33 bits per heavy atom. The van der Waals surface area contributed by atoms with Crippen LogP contribution in [0, 0.1) is 0 Å². The van der Waals surface area contributed by atoms with Crippen LogP contribution in [0.3, 0.4) is 0 Å². The minimum atomic E-state index is 0. The lowest BCUT2D eigenvalue weighted by Crippen LogP contribution is -2.08. The Hall–Kier alpha value is -1.52. The molecule has 18 heavy (non-hydrogen) atoms. The van der Waals surface area contributed by atoms with E-state index in [1.54, 1.807) is 7.11 Å². The molecule has 0 unspecified atom stereocenters. The van der Waals surface area contributed by atoms with Crippen LogP contribution >= 0.6 is 12.4 Å². The highest BCUT2D eigenvalue weighted by Gasteiger charge is 2.16. The van der Waals surface area contributed by atoms with E-state index in [0.29, 0.717) is 0 Å². The lowest BCUT2D eigenvalue weighted by atomic mass is 10.0. The quantitative estimate of drug-likeness (QED) is 0.846. The molecule has 0 saturated heterocycles. The average Bonchev–Trinajstić information content (AvgIpc) is 2.68. The summed E-state index contributed by atoms with van der Waals surface area (Å²) in [4.78, 5) is 7.89. The Morgan fingerprint density at radius 3 is 2.83 bits per heavy atom. The molecule has 98 valence electrons. The van der Waals surface area contributed by atoms with Crippen molar-refractivity contribution in [1.29, 1.82) is 0 Å². The zero-order valence-corrected chi connectivity index (χ0v) is 11.2. The molecule has 0 bridgehead atoms. The Kier molecular flexibility index (Phi) is 4.38. The molecule has 0 amide bonds. The molecule has 2 aromatic rings. The van der Waals surface area contributed by atoms with E-state index in [4.69, 9.17) is 4.74 Å². The van der Waals surface area contributed by atoms with E-state index in [-0.39, 0.29) is 17.9 Å². The van der Waals surface area contributed by atoms with E-state index in [1.807, 2.05) is 12.1 Å². The third-order valence-corrected chi connectivity index (χ3v) is 3.19. The van der Waals surface area contributed by atoms with E-state index in [0.717, 1.165) is 29.9 Å². The molecule has 4 nitrogen and oxygen atoms in total. The molecule has 1 aromatic heterocycles. The molecule has 0 fully saturated rings. The van der Waals surface area contributed by atoms with Crippen molar-refractivity contribution in [2.24, 2.45) is 4.99 Å². The predicted octanol–water partition coefficient (Wildman–Crippen LogP) is 2.14. The number of aliphatic imine (C=N–C) groups is 1. The number of nitrogens with one attached hydrogen (secondary N) is 1. The second-order valence-electron chi connectivity index (χ2n) is 4.11. The van der Waals surface area contributed by atoms with Gasteiger partial charge in [-0.25, -0.2) is 0 Å². The normalized spacial score (nSPS) is 13.1. The molecule has 1 aliphatic rings. The number of benzene rings is 1. The SMILES string of the molecule is COc1ccc2c3c([nH]c2c1)C(C)=NCC3.Cl.O. The molecule has 0 atom stereocenters. The zero-order chi connectivity index (χ0) is 11.1. The average molecular weight is 269 g/mol. The van der Waals surface area contributed by atoms with Gasteiger partial charge in [-0.1, -0.05) is 0 Å². The minimum absolute atomic E-state index is 0. The van der Waals surface area contributed by atoms with Crippen molar-refractivity contribution in [3.8, 4) is 5.75 Å². The maximum Gasteiger partial charge on any atom is 0.120 e. The van der Waals surface area contributed by atoms with Gasteiger partial charge in [0.15, 0.2) is 0 Å². The van der Waals surface area contributed by atoms with E-state index < -0.39 is 0 Å². The fourth-order valence-corrected chi connectivity index (χ4v) is 2.34. The summed E-state index contributed by atoms with van der Waals surface area (Å²) in [5, 5.41) is 1.30. The molecule has 2 heterocycles. The fraction of sp³-hybridized carbons (Fsp3) is 0.308. The van der Waals surface area contributed by atoms with Gasteiger partial charge in [-0.05, 0) is 31.0 Å². The molecule has 0 aliphatic carbocycles. The third kappa shape index (κ3) is 2.09. The monoisotopic (exact) mass is 268 g/mol. The van der Waals surface area contributed by atoms with Crippen LogP contribution in [0.1, 0.15) is 18.2 Å². The van der Waals surface area contributed by atoms with Gasteiger partial charge in [-0.3, -0.25) is 4.99 Å². The van der Waals surface area contributed by atoms with Crippen molar-refractivity contribution in [3.05, 3.63) is 29.5 Å². The minimum Gasteiger partial charge on any atom is -0.497 e. The number of ether oxygens (including phenoxy) is 1. The smallest absolute Gasteiger partial charge is 0.120 e. The summed E-state index contributed by atoms with van der Waals surface area (Å²) >= 11 is 0. The number of halogens is 1. The van der Waals surface area contributed by atoms with Crippen molar-refractivity contribution < 1.29 is 10.2 Å². The molecule has 3 rings (SSSR count). The highest BCUT2D eigenvalue weighted by atomic mass is 35.5.